The highest BCUT2D eigenvalue weighted by atomic mass is 32.1. The number of benzene rings is 7. The molecule has 0 saturated carbocycles. The summed E-state index contributed by atoms with van der Waals surface area (Å²) in [5.41, 5.74) is 9.61. The summed E-state index contributed by atoms with van der Waals surface area (Å²) in [6, 6.07) is 54.9. The van der Waals surface area contributed by atoms with Crippen LogP contribution < -0.4 is 0 Å². The second-order valence-corrected chi connectivity index (χ2v) is 12.1. The summed E-state index contributed by atoms with van der Waals surface area (Å²) in [5.74, 6) is 0. The number of hydrogen-bond donors (Lipinski definition) is 0. The fourth-order valence-electron chi connectivity index (χ4n) is 6.79. The number of nitrogens with zero attached hydrogens (tertiary/aromatic N) is 1. The zero-order chi connectivity index (χ0) is 28.3. The van der Waals surface area contributed by atoms with Crippen LogP contribution in [0, 0.1) is 0 Å². The first-order chi connectivity index (χ1) is 21.3. The number of thiophene rings is 1. The first-order valence-electron chi connectivity index (χ1n) is 14.6. The van der Waals surface area contributed by atoms with Crippen LogP contribution in [0.2, 0.25) is 0 Å². The van der Waals surface area contributed by atoms with Crippen molar-refractivity contribution in [2.45, 2.75) is 0 Å². The molecule has 9 aromatic rings. The van der Waals surface area contributed by atoms with E-state index in [4.69, 9.17) is 4.98 Å². The maximum atomic E-state index is 5.18. The second kappa shape index (κ2) is 9.62. The Morgan fingerprint density at radius 1 is 0.372 bits per heavy atom. The standard InChI is InChI=1S/C41H25NS/c1-3-13-26(14-4-1)37-29-17-7-8-18-30(29)38(27-15-5-2-6-16-27)34-25-28(23-24-31(34)37)39-32-19-9-11-21-35(32)42-40-33-20-10-12-22-36(33)43-41(39)40/h1-25H. The second-order valence-electron chi connectivity index (χ2n) is 11.1. The minimum absolute atomic E-state index is 1.03. The van der Waals surface area contributed by atoms with E-state index in [2.05, 4.69) is 152 Å². The third kappa shape index (κ3) is 3.74. The number of fused-ring (bicyclic) bond motifs is 6. The van der Waals surface area contributed by atoms with Crippen molar-refractivity contribution < 1.29 is 0 Å². The molecule has 1 nitrogen and oxygen atoms in total. The number of rotatable bonds is 3. The fraction of sp³-hybridized carbons (Fsp3) is 0. The smallest absolute Gasteiger partial charge is 0.0902 e. The highest BCUT2D eigenvalue weighted by Gasteiger charge is 2.20. The summed E-state index contributed by atoms with van der Waals surface area (Å²) in [6.45, 7) is 0. The van der Waals surface area contributed by atoms with E-state index in [1.807, 2.05) is 11.3 Å². The lowest BCUT2D eigenvalue weighted by molar-refractivity contribution is 1.53. The summed E-state index contributed by atoms with van der Waals surface area (Å²) in [6.07, 6.45) is 0. The third-order valence-electron chi connectivity index (χ3n) is 8.64. The quantitative estimate of drug-likeness (QED) is 0.195. The molecule has 43 heavy (non-hydrogen) atoms. The molecular formula is C41H25NS. The highest BCUT2D eigenvalue weighted by Crippen LogP contribution is 2.47. The number of aromatic nitrogens is 1. The Hall–Kier alpha value is -5.31. The molecule has 0 radical (unpaired) electrons. The van der Waals surface area contributed by atoms with Gasteiger partial charge in [-0.05, 0) is 67.6 Å². The van der Waals surface area contributed by atoms with Gasteiger partial charge in [-0.3, -0.25) is 0 Å². The van der Waals surface area contributed by atoms with E-state index < -0.39 is 0 Å². The lowest BCUT2D eigenvalue weighted by atomic mass is 9.84. The van der Waals surface area contributed by atoms with Crippen LogP contribution in [0.15, 0.2) is 152 Å². The predicted molar refractivity (Wildman–Crippen MR) is 186 cm³/mol. The molecule has 200 valence electrons. The van der Waals surface area contributed by atoms with Gasteiger partial charge < -0.3 is 0 Å². The Kier molecular flexibility index (Phi) is 5.44. The monoisotopic (exact) mass is 563 g/mol. The zero-order valence-corrected chi connectivity index (χ0v) is 24.1. The largest absolute Gasteiger partial charge is 0.246 e. The molecule has 2 heteroatoms. The van der Waals surface area contributed by atoms with E-state index in [0.717, 1.165) is 11.0 Å². The summed E-state index contributed by atoms with van der Waals surface area (Å²) < 4.78 is 2.51. The minimum Gasteiger partial charge on any atom is -0.246 e. The van der Waals surface area contributed by atoms with Gasteiger partial charge in [0.2, 0.25) is 0 Å². The molecule has 7 aromatic carbocycles. The van der Waals surface area contributed by atoms with Crippen LogP contribution in [0.4, 0.5) is 0 Å². The number of hydrogen-bond acceptors (Lipinski definition) is 2. The summed E-state index contributed by atoms with van der Waals surface area (Å²) in [7, 11) is 0. The number of para-hydroxylation sites is 1. The number of pyridine rings is 1. The average Bonchev–Trinajstić information content (AvgIpc) is 3.44. The molecule has 2 aromatic heterocycles. The topological polar surface area (TPSA) is 12.9 Å². The fourth-order valence-corrected chi connectivity index (χ4v) is 8.01. The predicted octanol–water partition coefficient (Wildman–Crippen LogP) is 11.9. The van der Waals surface area contributed by atoms with Gasteiger partial charge in [0, 0.05) is 21.0 Å². The van der Waals surface area contributed by atoms with Gasteiger partial charge in [-0.2, -0.15) is 0 Å². The molecule has 9 rings (SSSR count). The molecule has 0 bridgehead atoms. The molecule has 0 atom stereocenters. The van der Waals surface area contributed by atoms with E-state index in [-0.39, 0.29) is 0 Å². The van der Waals surface area contributed by atoms with Crippen molar-refractivity contribution in [3.05, 3.63) is 152 Å². The van der Waals surface area contributed by atoms with Crippen LogP contribution in [-0.4, -0.2) is 4.98 Å². The van der Waals surface area contributed by atoms with Gasteiger partial charge in [0.1, 0.15) is 0 Å². The summed E-state index contributed by atoms with van der Waals surface area (Å²) >= 11 is 1.84. The van der Waals surface area contributed by atoms with Gasteiger partial charge in [0.15, 0.2) is 0 Å². The van der Waals surface area contributed by atoms with E-state index >= 15 is 0 Å². The molecule has 0 aliphatic heterocycles. The lowest BCUT2D eigenvalue weighted by Crippen LogP contribution is -1.92. The molecule has 0 amide bonds. The molecule has 0 fully saturated rings. The molecule has 0 aliphatic rings. The maximum absolute atomic E-state index is 5.18. The van der Waals surface area contributed by atoms with Crippen LogP contribution in [-0.2, 0) is 0 Å². The van der Waals surface area contributed by atoms with Crippen molar-refractivity contribution in [1.82, 2.24) is 4.98 Å². The molecule has 0 N–H and O–H groups in total. The first kappa shape index (κ1) is 24.3. The van der Waals surface area contributed by atoms with Crippen LogP contribution in [0.5, 0.6) is 0 Å². The van der Waals surface area contributed by atoms with Crippen molar-refractivity contribution in [2.24, 2.45) is 0 Å². The molecule has 0 spiro atoms. The van der Waals surface area contributed by atoms with Gasteiger partial charge in [0.25, 0.3) is 0 Å². The lowest BCUT2D eigenvalue weighted by Gasteiger charge is -2.19. The zero-order valence-electron chi connectivity index (χ0n) is 23.3. The minimum atomic E-state index is 1.03. The summed E-state index contributed by atoms with van der Waals surface area (Å²) in [5, 5.41) is 7.47. The Bertz CT molecular complexity index is 2490. The summed E-state index contributed by atoms with van der Waals surface area (Å²) in [4.78, 5) is 5.18. The van der Waals surface area contributed by atoms with Gasteiger partial charge in [0.05, 0.1) is 15.7 Å². The van der Waals surface area contributed by atoms with Crippen molar-refractivity contribution in [1.29, 1.82) is 0 Å². The van der Waals surface area contributed by atoms with Crippen molar-refractivity contribution in [3.63, 3.8) is 0 Å². The molecular weight excluding hydrogens is 539 g/mol. The maximum Gasteiger partial charge on any atom is 0.0902 e. The average molecular weight is 564 g/mol. The molecule has 2 heterocycles. The third-order valence-corrected chi connectivity index (χ3v) is 9.82. The highest BCUT2D eigenvalue weighted by molar-refractivity contribution is 7.26. The van der Waals surface area contributed by atoms with Crippen molar-refractivity contribution in [2.75, 3.05) is 0 Å². The van der Waals surface area contributed by atoms with Crippen LogP contribution >= 0.6 is 11.3 Å². The van der Waals surface area contributed by atoms with E-state index in [1.165, 1.54) is 75.1 Å². The Morgan fingerprint density at radius 3 is 1.60 bits per heavy atom. The Labute approximate surface area is 253 Å². The van der Waals surface area contributed by atoms with Crippen LogP contribution in [0.1, 0.15) is 0 Å². The molecule has 0 aliphatic carbocycles. The van der Waals surface area contributed by atoms with E-state index in [9.17, 15) is 0 Å². The van der Waals surface area contributed by atoms with E-state index in [0.29, 0.717) is 0 Å². The Balaban J connectivity index is 1.46. The van der Waals surface area contributed by atoms with E-state index in [1.54, 1.807) is 0 Å². The molecule has 0 saturated heterocycles. The molecule has 0 unspecified atom stereocenters. The SMILES string of the molecule is c1ccc(-c2c3ccccc3c(-c3ccccc3)c3cc(-c4c5ccccc5nc5c4sc4ccccc45)ccc23)cc1. The first-order valence-corrected chi connectivity index (χ1v) is 15.5. The Morgan fingerprint density at radius 2 is 0.907 bits per heavy atom. The van der Waals surface area contributed by atoms with Gasteiger partial charge in [-0.1, -0.05) is 133 Å². The van der Waals surface area contributed by atoms with Gasteiger partial charge >= 0.3 is 0 Å². The van der Waals surface area contributed by atoms with Crippen LogP contribution in [0.25, 0.3) is 86.1 Å². The van der Waals surface area contributed by atoms with Crippen LogP contribution in [0.3, 0.4) is 0 Å². The van der Waals surface area contributed by atoms with Crippen molar-refractivity contribution >= 4 is 64.1 Å². The van der Waals surface area contributed by atoms with Gasteiger partial charge in [-0.25, -0.2) is 4.98 Å². The van der Waals surface area contributed by atoms with Crippen molar-refractivity contribution in [3.8, 4) is 33.4 Å². The normalized spacial score (nSPS) is 11.7. The van der Waals surface area contributed by atoms with Gasteiger partial charge in [-0.15, -0.1) is 11.3 Å².